The number of anilines is 1. The van der Waals surface area contributed by atoms with E-state index in [1.54, 1.807) is 23.9 Å². The summed E-state index contributed by atoms with van der Waals surface area (Å²) in [7, 11) is 0. The summed E-state index contributed by atoms with van der Waals surface area (Å²) < 4.78 is 40.4. The Morgan fingerprint density at radius 1 is 1.31 bits per heavy atom. The zero-order chi connectivity index (χ0) is 19.6. The molecule has 0 fully saturated rings. The fourth-order valence-electron chi connectivity index (χ4n) is 2.86. The van der Waals surface area contributed by atoms with Gasteiger partial charge in [0.25, 0.3) is 5.91 Å². The monoisotopic (exact) mass is 364 g/mol. The van der Waals surface area contributed by atoms with Gasteiger partial charge in [0.2, 0.25) is 0 Å². The lowest BCUT2D eigenvalue weighted by Crippen LogP contribution is -2.43. The second-order valence-corrected chi connectivity index (χ2v) is 5.72. The Kier molecular flexibility index (Phi) is 5.40. The van der Waals surface area contributed by atoms with E-state index >= 15 is 0 Å². The molecule has 3 rings (SSSR count). The Hall–Kier alpha value is -2.82. The van der Waals surface area contributed by atoms with Gasteiger partial charge in [0.05, 0.1) is 29.4 Å². The standard InChI is InChI=1S/C16H13F3N4O.C2H6/c1-9-7-21-23-10(2)8-22(15(24)14(9)23)12-3-4-13(16(17,18)19)11(5-12)6-20;1-2/h3-5,7,10H,8H2,1-2H3;1-2H3. The third-order valence-electron chi connectivity index (χ3n) is 4.03. The Morgan fingerprint density at radius 3 is 2.54 bits per heavy atom. The molecular weight excluding hydrogens is 345 g/mol. The second-order valence-electron chi connectivity index (χ2n) is 5.72. The summed E-state index contributed by atoms with van der Waals surface area (Å²) in [5, 5.41) is 13.2. The van der Waals surface area contributed by atoms with Gasteiger partial charge in [-0.3, -0.25) is 9.48 Å². The van der Waals surface area contributed by atoms with Gasteiger partial charge >= 0.3 is 6.18 Å². The van der Waals surface area contributed by atoms with E-state index in [1.807, 2.05) is 20.8 Å². The van der Waals surface area contributed by atoms with Crippen molar-refractivity contribution >= 4 is 11.6 Å². The summed E-state index contributed by atoms with van der Waals surface area (Å²) in [6, 6.07) is 4.59. The minimum atomic E-state index is -4.61. The third-order valence-corrected chi connectivity index (χ3v) is 4.03. The number of fused-ring (bicyclic) bond motifs is 1. The maximum Gasteiger partial charge on any atom is 0.417 e. The zero-order valence-electron chi connectivity index (χ0n) is 14.9. The maximum atomic E-state index is 12.9. The first kappa shape index (κ1) is 19.5. The lowest BCUT2D eigenvalue weighted by Gasteiger charge is -2.32. The van der Waals surface area contributed by atoms with Crippen molar-refractivity contribution in [2.24, 2.45) is 0 Å². The number of benzene rings is 1. The molecule has 1 aromatic heterocycles. The molecule has 8 heteroatoms. The highest BCUT2D eigenvalue weighted by Gasteiger charge is 2.36. The number of amides is 1. The SMILES string of the molecule is CC.Cc1cnn2c1C(=O)N(c1ccc(C(F)(F)F)c(C#N)c1)CC2C. The molecule has 2 aromatic rings. The van der Waals surface area contributed by atoms with Crippen LogP contribution < -0.4 is 4.90 Å². The number of hydrogen-bond acceptors (Lipinski definition) is 3. The molecule has 0 saturated heterocycles. The molecule has 0 spiro atoms. The molecule has 1 aromatic carbocycles. The van der Waals surface area contributed by atoms with Crippen molar-refractivity contribution in [1.82, 2.24) is 9.78 Å². The number of hydrogen-bond donors (Lipinski definition) is 0. The predicted molar refractivity (Wildman–Crippen MR) is 90.9 cm³/mol. The topological polar surface area (TPSA) is 61.9 Å². The van der Waals surface area contributed by atoms with E-state index in [-0.39, 0.29) is 24.2 Å². The molecule has 2 heterocycles. The Morgan fingerprint density at radius 2 is 1.96 bits per heavy atom. The molecule has 0 bridgehead atoms. The van der Waals surface area contributed by atoms with Crippen molar-refractivity contribution in [3.8, 4) is 6.07 Å². The Balaban J connectivity index is 0.00000117. The number of carbonyl (C=O) groups excluding carboxylic acids is 1. The first-order valence-electron chi connectivity index (χ1n) is 8.21. The van der Waals surface area contributed by atoms with Crippen LogP contribution in [0.1, 0.15) is 54.0 Å². The fraction of sp³-hybridized carbons (Fsp3) is 0.389. The molecule has 138 valence electrons. The summed E-state index contributed by atoms with van der Waals surface area (Å²) in [6.07, 6.45) is -3.03. The molecule has 1 atom stereocenters. The van der Waals surface area contributed by atoms with Crippen LogP contribution in [0.4, 0.5) is 18.9 Å². The number of nitriles is 1. The van der Waals surface area contributed by atoms with E-state index < -0.39 is 17.3 Å². The van der Waals surface area contributed by atoms with Gasteiger partial charge in [0.15, 0.2) is 0 Å². The second kappa shape index (κ2) is 7.20. The van der Waals surface area contributed by atoms with E-state index in [9.17, 15) is 18.0 Å². The number of carbonyl (C=O) groups is 1. The van der Waals surface area contributed by atoms with Crippen LogP contribution in [0, 0.1) is 18.3 Å². The number of aryl methyl sites for hydroxylation is 1. The molecule has 1 amide bonds. The molecule has 5 nitrogen and oxygen atoms in total. The van der Waals surface area contributed by atoms with Crippen molar-refractivity contribution < 1.29 is 18.0 Å². The zero-order valence-corrected chi connectivity index (χ0v) is 14.9. The quantitative estimate of drug-likeness (QED) is 0.757. The summed E-state index contributed by atoms with van der Waals surface area (Å²) in [6.45, 7) is 7.88. The highest BCUT2D eigenvalue weighted by Crippen LogP contribution is 2.35. The Labute approximate surface area is 149 Å². The molecule has 26 heavy (non-hydrogen) atoms. The van der Waals surface area contributed by atoms with Gasteiger partial charge in [-0.05, 0) is 32.0 Å². The van der Waals surface area contributed by atoms with Gasteiger partial charge < -0.3 is 4.90 Å². The smallest absolute Gasteiger partial charge is 0.305 e. The number of halogens is 3. The molecule has 1 unspecified atom stereocenters. The average molecular weight is 364 g/mol. The molecule has 0 radical (unpaired) electrons. The molecular formula is C18H19F3N4O. The van der Waals surface area contributed by atoms with Crippen LogP contribution in [0.5, 0.6) is 0 Å². The fourth-order valence-corrected chi connectivity index (χ4v) is 2.86. The minimum Gasteiger partial charge on any atom is -0.305 e. The van der Waals surface area contributed by atoms with Crippen molar-refractivity contribution in [2.75, 3.05) is 11.4 Å². The van der Waals surface area contributed by atoms with Crippen LogP contribution in [0.3, 0.4) is 0 Å². The molecule has 1 aliphatic rings. The minimum absolute atomic E-state index is 0.126. The van der Waals surface area contributed by atoms with E-state index in [4.69, 9.17) is 5.26 Å². The summed E-state index contributed by atoms with van der Waals surface area (Å²) in [5.41, 5.74) is -0.136. The third kappa shape index (κ3) is 3.29. The normalized spacial score (nSPS) is 16.5. The summed E-state index contributed by atoms with van der Waals surface area (Å²) in [4.78, 5) is 14.1. The first-order valence-corrected chi connectivity index (χ1v) is 8.21. The molecule has 0 aliphatic carbocycles. The summed E-state index contributed by atoms with van der Waals surface area (Å²) >= 11 is 0. The number of aromatic nitrogens is 2. The Bertz CT molecular complexity index is 864. The molecule has 0 N–H and O–H groups in total. The van der Waals surface area contributed by atoms with E-state index in [0.717, 1.165) is 12.1 Å². The van der Waals surface area contributed by atoms with Crippen LogP contribution in [-0.4, -0.2) is 22.2 Å². The van der Waals surface area contributed by atoms with Crippen LogP contribution in [0.15, 0.2) is 24.4 Å². The number of nitrogens with zero attached hydrogens (tertiary/aromatic N) is 4. The first-order chi connectivity index (χ1) is 12.2. The van der Waals surface area contributed by atoms with Crippen molar-refractivity contribution in [2.45, 2.75) is 39.9 Å². The van der Waals surface area contributed by atoms with Crippen LogP contribution in [0.25, 0.3) is 0 Å². The van der Waals surface area contributed by atoms with E-state index in [2.05, 4.69) is 5.10 Å². The van der Waals surface area contributed by atoms with E-state index in [1.165, 1.54) is 11.0 Å². The van der Waals surface area contributed by atoms with Gasteiger partial charge in [-0.2, -0.15) is 23.5 Å². The van der Waals surface area contributed by atoms with Crippen molar-refractivity contribution in [3.05, 3.63) is 46.8 Å². The van der Waals surface area contributed by atoms with Crippen LogP contribution >= 0.6 is 0 Å². The van der Waals surface area contributed by atoms with Gasteiger partial charge in [0.1, 0.15) is 5.69 Å². The molecule has 1 aliphatic heterocycles. The van der Waals surface area contributed by atoms with Crippen LogP contribution in [-0.2, 0) is 6.18 Å². The molecule has 0 saturated carbocycles. The maximum absolute atomic E-state index is 12.9. The van der Waals surface area contributed by atoms with Gasteiger partial charge in [-0.25, -0.2) is 0 Å². The van der Waals surface area contributed by atoms with Crippen LogP contribution in [0.2, 0.25) is 0 Å². The van der Waals surface area contributed by atoms with Crippen molar-refractivity contribution in [1.29, 1.82) is 5.26 Å². The van der Waals surface area contributed by atoms with E-state index in [0.29, 0.717) is 11.3 Å². The highest BCUT2D eigenvalue weighted by atomic mass is 19.4. The average Bonchev–Trinajstić information content (AvgIpc) is 3.01. The number of rotatable bonds is 1. The summed E-state index contributed by atoms with van der Waals surface area (Å²) in [5.74, 6) is -0.341. The number of alkyl halides is 3. The predicted octanol–water partition coefficient (Wildman–Crippen LogP) is 4.33. The highest BCUT2D eigenvalue weighted by molar-refractivity contribution is 6.06. The van der Waals surface area contributed by atoms with Gasteiger partial charge in [-0.15, -0.1) is 0 Å². The lowest BCUT2D eigenvalue weighted by molar-refractivity contribution is -0.137. The van der Waals surface area contributed by atoms with Gasteiger partial charge in [-0.1, -0.05) is 13.8 Å². The van der Waals surface area contributed by atoms with Gasteiger partial charge in [0, 0.05) is 17.8 Å². The largest absolute Gasteiger partial charge is 0.417 e. The van der Waals surface area contributed by atoms with Crippen molar-refractivity contribution in [3.63, 3.8) is 0 Å². The lowest BCUT2D eigenvalue weighted by atomic mass is 10.0.